The average Bonchev–Trinajstić information content (AvgIpc) is 3.48. The summed E-state index contributed by atoms with van der Waals surface area (Å²) < 4.78 is 71.1. The number of hydrogen-bond acceptors (Lipinski definition) is 5. The number of amidine groups is 1. The summed E-state index contributed by atoms with van der Waals surface area (Å²) in [5.74, 6) is 0.600. The second-order valence-corrected chi connectivity index (χ2v) is 11.3. The number of piperidine rings is 1. The molecule has 0 spiro atoms. The van der Waals surface area contributed by atoms with Crippen molar-refractivity contribution in [3.63, 3.8) is 0 Å². The van der Waals surface area contributed by atoms with Crippen molar-refractivity contribution in [1.29, 1.82) is 0 Å². The van der Waals surface area contributed by atoms with E-state index < -0.39 is 21.9 Å². The number of alkyl halides is 3. The van der Waals surface area contributed by atoms with Crippen LogP contribution in [-0.4, -0.2) is 47.6 Å². The van der Waals surface area contributed by atoms with Crippen LogP contribution in [0.5, 0.6) is 0 Å². The Balaban J connectivity index is 1.65. The van der Waals surface area contributed by atoms with Gasteiger partial charge >= 0.3 is 6.18 Å². The topological polar surface area (TPSA) is 67.6 Å². The quantitative estimate of drug-likeness (QED) is 0.318. The fourth-order valence-electron chi connectivity index (χ4n) is 3.66. The van der Waals surface area contributed by atoms with Crippen LogP contribution < -0.4 is 0 Å². The van der Waals surface area contributed by atoms with Crippen molar-refractivity contribution in [3.8, 4) is 16.3 Å². The van der Waals surface area contributed by atoms with Gasteiger partial charge in [-0.1, -0.05) is 24.8 Å². The summed E-state index contributed by atoms with van der Waals surface area (Å²) in [4.78, 5) is 2.56. The normalized spacial score (nSPS) is 16.3. The molecule has 3 heterocycles. The highest BCUT2D eigenvalue weighted by Gasteiger charge is 2.35. The van der Waals surface area contributed by atoms with Crippen LogP contribution in [0.15, 0.2) is 57.1 Å². The van der Waals surface area contributed by atoms with E-state index in [2.05, 4.69) is 16.4 Å². The van der Waals surface area contributed by atoms with E-state index in [-0.39, 0.29) is 10.6 Å². The van der Waals surface area contributed by atoms with Gasteiger partial charge in [0.15, 0.2) is 10.9 Å². The summed E-state index contributed by atoms with van der Waals surface area (Å²) in [7, 11) is -3.99. The molecule has 1 aliphatic heterocycles. The lowest BCUT2D eigenvalue weighted by Crippen LogP contribution is -2.36. The predicted molar refractivity (Wildman–Crippen MR) is 130 cm³/mol. The Bertz CT molecular complexity index is 1260. The molecule has 1 aliphatic rings. The monoisotopic (exact) mass is 528 g/mol. The van der Waals surface area contributed by atoms with E-state index in [1.807, 2.05) is 4.90 Å². The van der Waals surface area contributed by atoms with Gasteiger partial charge in [-0.05, 0) is 66.8 Å². The molecule has 1 aromatic carbocycles. The van der Waals surface area contributed by atoms with Crippen LogP contribution in [-0.2, 0) is 16.2 Å². The van der Waals surface area contributed by atoms with Crippen molar-refractivity contribution in [3.05, 3.63) is 53.5 Å². The summed E-state index contributed by atoms with van der Waals surface area (Å²) in [5.41, 5.74) is -0.422. The van der Waals surface area contributed by atoms with E-state index in [4.69, 9.17) is 0 Å². The fraction of sp³-hybridized carbons (Fsp3) is 0.364. The van der Waals surface area contributed by atoms with Gasteiger partial charge in [-0.25, -0.2) is 4.68 Å². The lowest BCUT2D eigenvalue weighted by atomic mass is 10.00. The zero-order valence-electron chi connectivity index (χ0n) is 18.5. The van der Waals surface area contributed by atoms with Crippen molar-refractivity contribution in [1.82, 2.24) is 14.7 Å². The Morgan fingerprint density at radius 2 is 1.85 bits per heavy atom. The molecular formula is C22H23F3N4O2S3. The maximum absolute atomic E-state index is 13.3. The molecule has 6 nitrogen and oxygen atoms in total. The van der Waals surface area contributed by atoms with Crippen molar-refractivity contribution in [2.24, 2.45) is 10.3 Å². The number of halogens is 3. The second kappa shape index (κ2) is 9.74. The Kier molecular flexibility index (Phi) is 7.11. The first-order valence-corrected chi connectivity index (χ1v) is 14.1. The van der Waals surface area contributed by atoms with Crippen LogP contribution in [0, 0.1) is 5.92 Å². The van der Waals surface area contributed by atoms with Crippen molar-refractivity contribution in [2.75, 3.05) is 19.3 Å². The highest BCUT2D eigenvalue weighted by Crippen LogP contribution is 2.35. The Morgan fingerprint density at radius 3 is 2.41 bits per heavy atom. The molecule has 34 heavy (non-hydrogen) atoms. The molecule has 1 fully saturated rings. The molecule has 4 rings (SSSR count). The van der Waals surface area contributed by atoms with Gasteiger partial charge < -0.3 is 4.90 Å². The van der Waals surface area contributed by atoms with Crippen LogP contribution in [0.4, 0.5) is 13.2 Å². The molecule has 0 unspecified atom stereocenters. The van der Waals surface area contributed by atoms with Crippen LogP contribution in [0.3, 0.4) is 0 Å². The summed E-state index contributed by atoms with van der Waals surface area (Å²) >= 11 is 2.57. The first-order valence-electron chi connectivity index (χ1n) is 10.5. The van der Waals surface area contributed by atoms with Crippen molar-refractivity contribution < 1.29 is 21.6 Å². The largest absolute Gasteiger partial charge is 0.435 e. The fourth-order valence-corrected chi connectivity index (χ4v) is 6.32. The molecule has 0 N–H and O–H groups in total. The smallest absolute Gasteiger partial charge is 0.351 e. The number of rotatable bonds is 4. The van der Waals surface area contributed by atoms with Crippen LogP contribution in [0.2, 0.25) is 0 Å². The Morgan fingerprint density at radius 1 is 1.18 bits per heavy atom. The first-order chi connectivity index (χ1) is 16.1. The maximum Gasteiger partial charge on any atom is 0.435 e. The zero-order chi connectivity index (χ0) is 24.5. The zero-order valence-corrected chi connectivity index (χ0v) is 20.9. The van der Waals surface area contributed by atoms with Crippen LogP contribution in [0.25, 0.3) is 16.3 Å². The molecule has 0 radical (unpaired) electrons. The van der Waals surface area contributed by atoms with Gasteiger partial charge in [-0.15, -0.1) is 15.7 Å². The van der Waals surface area contributed by atoms with E-state index in [9.17, 15) is 21.6 Å². The molecular weight excluding hydrogens is 505 g/mol. The van der Waals surface area contributed by atoms with Gasteiger partial charge in [0.05, 0.1) is 21.2 Å². The lowest BCUT2D eigenvalue weighted by Gasteiger charge is -2.31. The van der Waals surface area contributed by atoms with E-state index in [1.165, 1.54) is 52.0 Å². The number of sulfonamides is 1. The minimum atomic E-state index is -4.60. The molecule has 0 aliphatic carbocycles. The number of nitrogens with zero attached hydrogens (tertiary/aromatic N) is 4. The number of likely N-dealkylation sites (tertiary alicyclic amines) is 1. The molecule has 0 saturated carbocycles. The van der Waals surface area contributed by atoms with E-state index in [1.54, 1.807) is 23.8 Å². The predicted octanol–water partition coefficient (Wildman–Crippen LogP) is 5.76. The van der Waals surface area contributed by atoms with Gasteiger partial charge in [0, 0.05) is 13.1 Å². The third kappa shape index (κ3) is 5.33. The van der Waals surface area contributed by atoms with Crippen molar-refractivity contribution >= 4 is 38.3 Å². The number of thioether (sulfide) groups is 1. The number of aromatic nitrogens is 2. The van der Waals surface area contributed by atoms with E-state index >= 15 is 0 Å². The van der Waals surface area contributed by atoms with E-state index in [0.717, 1.165) is 32.0 Å². The molecule has 0 bridgehead atoms. The second-order valence-electron chi connectivity index (χ2n) is 8.02. The van der Waals surface area contributed by atoms with Gasteiger partial charge in [0.2, 0.25) is 0 Å². The maximum atomic E-state index is 13.3. The minimum Gasteiger partial charge on any atom is -0.351 e. The summed E-state index contributed by atoms with van der Waals surface area (Å²) in [5, 5.41) is 5.95. The lowest BCUT2D eigenvalue weighted by molar-refractivity contribution is -0.141. The van der Waals surface area contributed by atoms with Gasteiger partial charge in [0.25, 0.3) is 10.0 Å². The minimum absolute atomic E-state index is 0.0333. The van der Waals surface area contributed by atoms with Crippen molar-refractivity contribution in [2.45, 2.75) is 30.8 Å². The van der Waals surface area contributed by atoms with Gasteiger partial charge in [0.1, 0.15) is 0 Å². The summed E-state index contributed by atoms with van der Waals surface area (Å²) in [6, 6.07) is 10.0. The van der Waals surface area contributed by atoms with E-state index in [0.29, 0.717) is 21.7 Å². The molecule has 182 valence electrons. The highest BCUT2D eigenvalue weighted by atomic mass is 32.2. The van der Waals surface area contributed by atoms with Crippen LogP contribution >= 0.6 is 23.1 Å². The Labute approximate surface area is 204 Å². The molecule has 3 aromatic rings. The Hall–Kier alpha value is -2.31. The van der Waals surface area contributed by atoms with Gasteiger partial charge in [-0.2, -0.15) is 26.7 Å². The highest BCUT2D eigenvalue weighted by molar-refractivity contribution is 8.13. The standard InChI is InChI=1S/C22H23F3N4O2S3/c1-15-9-11-28(12-10-15)21(32-2)27-34(30,31)17-7-5-16(6-8-17)29-18(19-4-3-13-33-19)14-20(26-29)22(23,24)25/h3-8,13-15H,9-12H2,1-2H3. The third-order valence-electron chi connectivity index (χ3n) is 5.59. The number of thiophene rings is 1. The first kappa shape index (κ1) is 24.8. The third-order valence-corrected chi connectivity index (χ3v) is 8.59. The molecule has 1 saturated heterocycles. The van der Waals surface area contributed by atoms with Gasteiger partial charge in [-0.3, -0.25) is 0 Å². The van der Waals surface area contributed by atoms with Crippen LogP contribution in [0.1, 0.15) is 25.5 Å². The number of hydrogen-bond donors (Lipinski definition) is 0. The summed E-state index contributed by atoms with van der Waals surface area (Å²) in [6.07, 6.45) is -0.859. The number of benzene rings is 1. The SMILES string of the molecule is CSC(=NS(=O)(=O)c1ccc(-n2nc(C(F)(F)F)cc2-c2cccs2)cc1)N1CCC(C)CC1. The molecule has 2 aromatic heterocycles. The molecule has 0 atom stereocenters. The molecule has 12 heteroatoms. The molecule has 0 amide bonds. The average molecular weight is 529 g/mol. The summed E-state index contributed by atoms with van der Waals surface area (Å²) in [6.45, 7) is 3.68.